The molecule has 1 aromatic heterocycles. The molecule has 102 valence electrons. The molecular formula is C13H14BrFN2OS. The Bertz CT molecular complexity index is 547. The van der Waals surface area contributed by atoms with Gasteiger partial charge in [-0.25, -0.2) is 9.37 Å². The molecule has 0 amide bonds. The van der Waals surface area contributed by atoms with Crippen LogP contribution < -0.4 is 10.1 Å². The zero-order valence-corrected chi connectivity index (χ0v) is 12.9. The van der Waals surface area contributed by atoms with Crippen molar-refractivity contribution < 1.29 is 9.13 Å². The smallest absolute Gasteiger partial charge is 0.165 e. The Kier molecular flexibility index (Phi) is 5.30. The van der Waals surface area contributed by atoms with Crippen molar-refractivity contribution in [1.29, 1.82) is 0 Å². The Morgan fingerprint density at radius 3 is 3.11 bits per heavy atom. The predicted octanol–water partition coefficient (Wildman–Crippen LogP) is 3.73. The number of benzene rings is 1. The highest BCUT2D eigenvalue weighted by atomic mass is 79.9. The molecule has 0 spiro atoms. The van der Waals surface area contributed by atoms with Crippen molar-refractivity contribution >= 4 is 27.3 Å². The number of nitrogens with zero attached hydrogens (tertiary/aromatic N) is 1. The average molecular weight is 345 g/mol. The summed E-state index contributed by atoms with van der Waals surface area (Å²) in [5.41, 5.74) is 0.817. The van der Waals surface area contributed by atoms with Gasteiger partial charge in [0.05, 0.1) is 5.69 Å². The van der Waals surface area contributed by atoms with E-state index in [-0.39, 0.29) is 18.2 Å². The summed E-state index contributed by atoms with van der Waals surface area (Å²) in [5.74, 6) is -0.137. The number of hydrogen-bond acceptors (Lipinski definition) is 4. The van der Waals surface area contributed by atoms with Gasteiger partial charge in [0, 0.05) is 16.4 Å². The molecule has 0 radical (unpaired) electrons. The van der Waals surface area contributed by atoms with Gasteiger partial charge < -0.3 is 10.1 Å². The molecule has 1 N–H and O–H groups in total. The summed E-state index contributed by atoms with van der Waals surface area (Å²) in [4.78, 5) is 4.41. The van der Waals surface area contributed by atoms with E-state index in [1.807, 2.05) is 12.3 Å². The molecule has 0 aliphatic carbocycles. The third kappa shape index (κ3) is 4.26. The maximum absolute atomic E-state index is 13.5. The summed E-state index contributed by atoms with van der Waals surface area (Å²) < 4.78 is 19.7. The minimum atomic E-state index is -0.369. The molecule has 2 rings (SSSR count). The molecule has 0 bridgehead atoms. The fourth-order valence-corrected chi connectivity index (χ4v) is 2.56. The highest BCUT2D eigenvalue weighted by molar-refractivity contribution is 9.10. The summed E-state index contributed by atoms with van der Waals surface area (Å²) in [6, 6.07) is 4.62. The monoisotopic (exact) mass is 344 g/mol. The molecule has 3 nitrogen and oxygen atoms in total. The third-order valence-electron chi connectivity index (χ3n) is 2.39. The second-order valence-electron chi connectivity index (χ2n) is 3.88. The molecule has 1 aromatic carbocycles. The van der Waals surface area contributed by atoms with Gasteiger partial charge in [0.15, 0.2) is 11.6 Å². The third-order valence-corrected chi connectivity index (χ3v) is 3.79. The van der Waals surface area contributed by atoms with E-state index in [0.717, 1.165) is 28.3 Å². The second-order valence-corrected chi connectivity index (χ2v) is 5.73. The Balaban J connectivity index is 1.94. The van der Waals surface area contributed by atoms with Gasteiger partial charge in [0.1, 0.15) is 11.6 Å². The number of rotatable bonds is 6. The van der Waals surface area contributed by atoms with E-state index in [1.54, 1.807) is 23.5 Å². The first-order valence-corrected chi connectivity index (χ1v) is 7.58. The molecule has 0 saturated heterocycles. The first-order chi connectivity index (χ1) is 9.19. The topological polar surface area (TPSA) is 34.2 Å². The van der Waals surface area contributed by atoms with E-state index in [9.17, 15) is 4.39 Å². The van der Waals surface area contributed by atoms with Crippen molar-refractivity contribution in [2.45, 2.75) is 20.1 Å². The van der Waals surface area contributed by atoms with Gasteiger partial charge in [0.2, 0.25) is 0 Å². The minimum absolute atomic E-state index is 0.232. The van der Waals surface area contributed by atoms with Gasteiger partial charge in [-0.05, 0) is 24.7 Å². The van der Waals surface area contributed by atoms with Crippen molar-refractivity contribution in [3.05, 3.63) is 44.6 Å². The van der Waals surface area contributed by atoms with Gasteiger partial charge in [-0.2, -0.15) is 0 Å². The molecule has 19 heavy (non-hydrogen) atoms. The lowest BCUT2D eigenvalue weighted by Gasteiger charge is -2.05. The van der Waals surface area contributed by atoms with Crippen LogP contribution in [0.5, 0.6) is 5.75 Å². The highest BCUT2D eigenvalue weighted by Crippen LogP contribution is 2.23. The van der Waals surface area contributed by atoms with Crippen molar-refractivity contribution in [1.82, 2.24) is 10.3 Å². The summed E-state index contributed by atoms with van der Waals surface area (Å²) >= 11 is 4.86. The van der Waals surface area contributed by atoms with E-state index in [2.05, 4.69) is 26.2 Å². The normalized spacial score (nSPS) is 10.7. The van der Waals surface area contributed by atoms with Gasteiger partial charge in [-0.1, -0.05) is 22.9 Å². The van der Waals surface area contributed by atoms with Gasteiger partial charge in [-0.3, -0.25) is 0 Å². The lowest BCUT2D eigenvalue weighted by Crippen LogP contribution is -2.11. The van der Waals surface area contributed by atoms with Crippen LogP contribution in [-0.4, -0.2) is 11.5 Å². The van der Waals surface area contributed by atoms with E-state index in [1.165, 1.54) is 6.07 Å². The van der Waals surface area contributed by atoms with Crippen molar-refractivity contribution in [2.75, 3.05) is 6.54 Å². The maximum Gasteiger partial charge on any atom is 0.165 e. The summed E-state index contributed by atoms with van der Waals surface area (Å²) in [5, 5.41) is 6.15. The highest BCUT2D eigenvalue weighted by Gasteiger charge is 2.06. The quantitative estimate of drug-likeness (QED) is 0.866. The van der Waals surface area contributed by atoms with Crippen LogP contribution in [0.2, 0.25) is 0 Å². The van der Waals surface area contributed by atoms with Gasteiger partial charge in [0.25, 0.3) is 0 Å². The minimum Gasteiger partial charge on any atom is -0.484 e. The number of thiazole rings is 1. The first-order valence-electron chi connectivity index (χ1n) is 5.91. The SMILES string of the molecule is CCNCc1nc(COc2cc(Br)ccc2F)cs1. The Morgan fingerprint density at radius 1 is 1.47 bits per heavy atom. The largest absolute Gasteiger partial charge is 0.484 e. The predicted molar refractivity (Wildman–Crippen MR) is 77.9 cm³/mol. The number of hydrogen-bond donors (Lipinski definition) is 1. The van der Waals surface area contributed by atoms with E-state index >= 15 is 0 Å². The van der Waals surface area contributed by atoms with E-state index in [0.29, 0.717) is 0 Å². The van der Waals surface area contributed by atoms with Crippen LogP contribution in [0.1, 0.15) is 17.6 Å². The van der Waals surface area contributed by atoms with Gasteiger partial charge in [-0.15, -0.1) is 11.3 Å². The fraction of sp³-hybridized carbons (Fsp3) is 0.308. The molecular weight excluding hydrogens is 331 g/mol. The van der Waals surface area contributed by atoms with Crippen LogP contribution >= 0.6 is 27.3 Å². The Hall–Kier alpha value is -0.980. The molecule has 2 aromatic rings. The van der Waals surface area contributed by atoms with Crippen molar-refractivity contribution in [3.8, 4) is 5.75 Å². The lowest BCUT2D eigenvalue weighted by molar-refractivity contribution is 0.286. The maximum atomic E-state index is 13.5. The van der Waals surface area contributed by atoms with E-state index in [4.69, 9.17) is 4.74 Å². The van der Waals surface area contributed by atoms with Crippen LogP contribution in [0.3, 0.4) is 0 Å². The average Bonchev–Trinajstić information content (AvgIpc) is 2.85. The summed E-state index contributed by atoms with van der Waals surface area (Å²) in [6.07, 6.45) is 0. The van der Waals surface area contributed by atoms with Crippen LogP contribution in [0.4, 0.5) is 4.39 Å². The van der Waals surface area contributed by atoms with Crippen LogP contribution in [0, 0.1) is 5.82 Å². The van der Waals surface area contributed by atoms with Gasteiger partial charge >= 0.3 is 0 Å². The van der Waals surface area contributed by atoms with Crippen LogP contribution in [-0.2, 0) is 13.2 Å². The molecule has 0 aliphatic rings. The Labute approximate surface area is 124 Å². The lowest BCUT2D eigenvalue weighted by atomic mass is 10.3. The fourth-order valence-electron chi connectivity index (χ4n) is 1.47. The van der Waals surface area contributed by atoms with E-state index < -0.39 is 0 Å². The molecule has 6 heteroatoms. The summed E-state index contributed by atoms with van der Waals surface area (Å²) in [7, 11) is 0. The van der Waals surface area contributed by atoms with Crippen molar-refractivity contribution in [3.63, 3.8) is 0 Å². The molecule has 0 aliphatic heterocycles. The molecule has 0 atom stereocenters. The standard InChI is InChI=1S/C13H14BrFN2OS/c1-2-16-6-13-17-10(8-19-13)7-18-12-5-9(14)3-4-11(12)15/h3-5,8,16H,2,6-7H2,1H3. The Morgan fingerprint density at radius 2 is 2.32 bits per heavy atom. The number of ether oxygens (including phenoxy) is 1. The summed E-state index contributed by atoms with van der Waals surface area (Å²) in [6.45, 7) is 3.99. The number of halogens is 2. The molecule has 0 unspecified atom stereocenters. The molecule has 0 fully saturated rings. The second kappa shape index (κ2) is 6.98. The number of aromatic nitrogens is 1. The zero-order chi connectivity index (χ0) is 13.7. The van der Waals surface area contributed by atoms with Crippen LogP contribution in [0.25, 0.3) is 0 Å². The number of nitrogens with one attached hydrogen (secondary N) is 1. The zero-order valence-electron chi connectivity index (χ0n) is 10.5. The molecule has 1 heterocycles. The first kappa shape index (κ1) is 14.4. The molecule has 0 saturated carbocycles. The van der Waals surface area contributed by atoms with Crippen molar-refractivity contribution in [2.24, 2.45) is 0 Å². The van der Waals surface area contributed by atoms with Crippen LogP contribution in [0.15, 0.2) is 28.1 Å².